The normalized spacial score (nSPS) is 11.6. The largest absolute Gasteiger partial charge is 0.458 e. The van der Waals surface area contributed by atoms with Crippen LogP contribution in [-0.4, -0.2) is 12.6 Å². The van der Waals surface area contributed by atoms with Crippen LogP contribution in [0.5, 0.6) is 0 Å². The van der Waals surface area contributed by atoms with Gasteiger partial charge in [-0.05, 0) is 30.5 Å². The van der Waals surface area contributed by atoms with Crippen LogP contribution in [0.3, 0.4) is 0 Å². The Morgan fingerprint density at radius 2 is 1.94 bits per heavy atom. The minimum absolute atomic E-state index is 0.267. The van der Waals surface area contributed by atoms with Crippen LogP contribution in [-0.2, 0) is 4.74 Å². The minimum Gasteiger partial charge on any atom is -0.458 e. The van der Waals surface area contributed by atoms with Crippen molar-refractivity contribution in [3.63, 3.8) is 0 Å². The zero-order valence-electron chi connectivity index (χ0n) is 10.1. The summed E-state index contributed by atoms with van der Waals surface area (Å²) in [5.41, 5.74) is 1.68. The monoisotopic (exact) mass is 218 g/mol. The molecule has 0 amide bonds. The van der Waals surface area contributed by atoms with Gasteiger partial charge in [0.25, 0.3) is 0 Å². The number of esters is 1. The Morgan fingerprint density at radius 1 is 1.31 bits per heavy atom. The first-order valence-corrected chi connectivity index (χ1v) is 5.49. The maximum Gasteiger partial charge on any atom is 0.338 e. The van der Waals surface area contributed by atoms with Crippen molar-refractivity contribution < 1.29 is 9.53 Å². The zero-order chi connectivity index (χ0) is 12.0. The molecule has 0 heterocycles. The molecular weight excluding hydrogens is 200 g/mol. The predicted molar refractivity (Wildman–Crippen MR) is 65.3 cm³/mol. The smallest absolute Gasteiger partial charge is 0.338 e. The van der Waals surface area contributed by atoms with E-state index in [4.69, 9.17) is 4.74 Å². The van der Waals surface area contributed by atoms with Crippen molar-refractivity contribution in [3.8, 4) is 0 Å². The lowest BCUT2D eigenvalue weighted by molar-refractivity contribution is 0.0539. The van der Waals surface area contributed by atoms with Crippen LogP contribution >= 0.6 is 0 Å². The second kappa shape index (κ2) is 6.11. The van der Waals surface area contributed by atoms with Crippen LogP contribution in [0.25, 0.3) is 0 Å². The first-order valence-electron chi connectivity index (χ1n) is 5.49. The molecule has 0 bridgehead atoms. The molecule has 86 valence electrons. The molecule has 1 aromatic rings. The molecule has 0 radical (unpaired) electrons. The highest BCUT2D eigenvalue weighted by atomic mass is 16.5. The molecule has 16 heavy (non-hydrogen) atoms. The lowest BCUT2D eigenvalue weighted by atomic mass is 10.1. The van der Waals surface area contributed by atoms with E-state index in [-0.39, 0.29) is 5.97 Å². The summed E-state index contributed by atoms with van der Waals surface area (Å²) in [6.45, 7) is 6.54. The van der Waals surface area contributed by atoms with E-state index in [1.165, 1.54) is 0 Å². The summed E-state index contributed by atoms with van der Waals surface area (Å²) in [5.74, 6) is 0.215. The van der Waals surface area contributed by atoms with Crippen LogP contribution in [0.15, 0.2) is 42.0 Å². The molecule has 0 spiro atoms. The molecule has 0 N–H and O–H groups in total. The third-order valence-corrected chi connectivity index (χ3v) is 2.06. The average molecular weight is 218 g/mol. The van der Waals surface area contributed by atoms with Crippen LogP contribution in [0.2, 0.25) is 0 Å². The van der Waals surface area contributed by atoms with Crippen molar-refractivity contribution in [2.24, 2.45) is 5.92 Å². The molecule has 0 aromatic heterocycles. The zero-order valence-corrected chi connectivity index (χ0v) is 10.1. The number of rotatable bonds is 4. The summed E-state index contributed by atoms with van der Waals surface area (Å²) in [6.07, 6.45) is 2.10. The number of carbonyl (C=O) groups excluding carboxylic acids is 1. The Labute approximate surface area is 96.9 Å². The number of benzene rings is 1. The van der Waals surface area contributed by atoms with Gasteiger partial charge in [-0.1, -0.05) is 38.1 Å². The van der Waals surface area contributed by atoms with E-state index >= 15 is 0 Å². The van der Waals surface area contributed by atoms with Gasteiger partial charge in [-0.25, -0.2) is 4.79 Å². The van der Waals surface area contributed by atoms with Gasteiger partial charge in [0.2, 0.25) is 0 Å². The average Bonchev–Trinajstić information content (AvgIpc) is 2.26. The van der Waals surface area contributed by atoms with Crippen LogP contribution in [0, 0.1) is 5.92 Å². The highest BCUT2D eigenvalue weighted by Gasteiger charge is 2.05. The Bertz CT molecular complexity index is 364. The molecule has 0 atom stereocenters. The number of ether oxygens (including phenoxy) is 1. The number of hydrogen-bond donors (Lipinski definition) is 0. The van der Waals surface area contributed by atoms with E-state index in [0.717, 1.165) is 5.57 Å². The summed E-state index contributed by atoms with van der Waals surface area (Å²) in [5, 5.41) is 0. The van der Waals surface area contributed by atoms with Crippen molar-refractivity contribution in [3.05, 3.63) is 47.5 Å². The molecular formula is C14H18O2. The number of hydrogen-bond acceptors (Lipinski definition) is 2. The summed E-state index contributed by atoms with van der Waals surface area (Å²) in [7, 11) is 0. The molecule has 2 nitrogen and oxygen atoms in total. The van der Waals surface area contributed by atoms with Crippen LogP contribution in [0.1, 0.15) is 31.1 Å². The summed E-state index contributed by atoms with van der Waals surface area (Å²) in [6, 6.07) is 9.04. The van der Waals surface area contributed by atoms with Gasteiger partial charge < -0.3 is 4.74 Å². The van der Waals surface area contributed by atoms with Crippen molar-refractivity contribution in [1.29, 1.82) is 0 Å². The molecule has 1 aromatic carbocycles. The second-order valence-electron chi connectivity index (χ2n) is 4.20. The molecule has 0 aliphatic heterocycles. The maximum atomic E-state index is 11.6. The lowest BCUT2D eigenvalue weighted by Crippen LogP contribution is -2.07. The maximum absolute atomic E-state index is 11.6. The number of allylic oxidation sites excluding steroid dienone is 1. The van der Waals surface area contributed by atoms with Gasteiger partial charge >= 0.3 is 5.97 Å². The van der Waals surface area contributed by atoms with Crippen molar-refractivity contribution in [2.75, 3.05) is 6.61 Å². The molecule has 2 heteroatoms. The summed E-state index contributed by atoms with van der Waals surface area (Å²) >= 11 is 0. The van der Waals surface area contributed by atoms with E-state index in [1.807, 2.05) is 25.1 Å². The topological polar surface area (TPSA) is 26.3 Å². The van der Waals surface area contributed by atoms with Gasteiger partial charge in [-0.3, -0.25) is 0 Å². The van der Waals surface area contributed by atoms with Gasteiger partial charge in [0.05, 0.1) is 5.56 Å². The van der Waals surface area contributed by atoms with Gasteiger partial charge in [0.15, 0.2) is 0 Å². The third kappa shape index (κ3) is 4.30. The first kappa shape index (κ1) is 12.5. The van der Waals surface area contributed by atoms with E-state index in [2.05, 4.69) is 19.9 Å². The van der Waals surface area contributed by atoms with E-state index in [0.29, 0.717) is 18.1 Å². The molecule has 0 aliphatic carbocycles. The van der Waals surface area contributed by atoms with E-state index in [1.54, 1.807) is 12.1 Å². The Balaban J connectivity index is 2.48. The predicted octanol–water partition coefficient (Wildman–Crippen LogP) is 3.45. The van der Waals surface area contributed by atoms with E-state index in [9.17, 15) is 4.79 Å². The standard InChI is InChI=1S/C14H18O2/c1-11(2)9-12(3)10-16-14(15)13-7-5-4-6-8-13/h4-9,11H,10H2,1-3H3/b12-9+. The molecule has 0 saturated carbocycles. The molecule has 0 fully saturated rings. The molecule has 0 saturated heterocycles. The fourth-order valence-electron chi connectivity index (χ4n) is 1.45. The quantitative estimate of drug-likeness (QED) is 0.571. The van der Waals surface area contributed by atoms with Crippen LogP contribution in [0.4, 0.5) is 0 Å². The van der Waals surface area contributed by atoms with Crippen molar-refractivity contribution >= 4 is 5.97 Å². The molecule has 0 unspecified atom stereocenters. The first-order chi connectivity index (χ1) is 7.59. The Kier molecular flexibility index (Phi) is 4.77. The fourth-order valence-corrected chi connectivity index (χ4v) is 1.45. The minimum atomic E-state index is -0.267. The highest BCUT2D eigenvalue weighted by molar-refractivity contribution is 5.89. The van der Waals surface area contributed by atoms with Gasteiger partial charge in [-0.2, -0.15) is 0 Å². The van der Waals surface area contributed by atoms with Gasteiger partial charge in [0.1, 0.15) is 6.61 Å². The highest BCUT2D eigenvalue weighted by Crippen LogP contribution is 2.05. The Hall–Kier alpha value is -1.57. The second-order valence-corrected chi connectivity index (χ2v) is 4.20. The van der Waals surface area contributed by atoms with Crippen LogP contribution < -0.4 is 0 Å². The summed E-state index contributed by atoms with van der Waals surface area (Å²) in [4.78, 5) is 11.6. The molecule has 0 aliphatic rings. The lowest BCUT2D eigenvalue weighted by Gasteiger charge is -2.06. The van der Waals surface area contributed by atoms with Crippen molar-refractivity contribution in [1.82, 2.24) is 0 Å². The van der Waals surface area contributed by atoms with E-state index < -0.39 is 0 Å². The van der Waals surface area contributed by atoms with Crippen molar-refractivity contribution in [2.45, 2.75) is 20.8 Å². The SMILES string of the molecule is C/C(=C\C(C)C)COC(=O)c1ccccc1. The van der Waals surface area contributed by atoms with Gasteiger partial charge in [0, 0.05) is 0 Å². The fraction of sp³-hybridized carbons (Fsp3) is 0.357. The van der Waals surface area contributed by atoms with Gasteiger partial charge in [-0.15, -0.1) is 0 Å². The number of carbonyl (C=O) groups is 1. The Morgan fingerprint density at radius 3 is 2.50 bits per heavy atom. The third-order valence-electron chi connectivity index (χ3n) is 2.06. The summed E-state index contributed by atoms with van der Waals surface area (Å²) < 4.78 is 5.18. The molecule has 1 rings (SSSR count).